The van der Waals surface area contributed by atoms with Crippen LogP contribution in [0.1, 0.15) is 20.8 Å². The van der Waals surface area contributed by atoms with Crippen LogP contribution in [-0.2, 0) is 19.5 Å². The van der Waals surface area contributed by atoms with Gasteiger partial charge in [0.25, 0.3) is 0 Å². The summed E-state index contributed by atoms with van der Waals surface area (Å²) in [7, 11) is -1.73. The predicted molar refractivity (Wildman–Crippen MR) is 86.4 cm³/mol. The van der Waals surface area contributed by atoms with Crippen LogP contribution < -0.4 is 16.8 Å². The second-order valence-corrected chi connectivity index (χ2v) is 11.9. The minimum atomic E-state index is -1.73. The van der Waals surface area contributed by atoms with E-state index in [2.05, 4.69) is 69.6 Å². The summed E-state index contributed by atoms with van der Waals surface area (Å²) in [6.07, 6.45) is 0. The minimum absolute atomic E-state index is 0. The maximum absolute atomic E-state index is 6.27. The summed E-state index contributed by atoms with van der Waals surface area (Å²) < 4.78 is 6.27. The molecule has 0 amide bonds. The van der Waals surface area contributed by atoms with E-state index in [1.807, 2.05) is 6.07 Å². The SMILES string of the molecule is CC(C)(C)[Si](C)(C)Oc1ccc(-c2cc[c]s2)cc1.[Cl-].[Zn]. The Hall–Kier alpha value is -0.150. The van der Waals surface area contributed by atoms with Crippen LogP contribution in [0.2, 0.25) is 18.1 Å². The molecule has 0 aliphatic rings. The van der Waals surface area contributed by atoms with E-state index in [9.17, 15) is 0 Å². The van der Waals surface area contributed by atoms with Crippen molar-refractivity contribution in [3.05, 3.63) is 41.8 Å². The zero-order valence-electron chi connectivity index (χ0n) is 13.4. The minimum Gasteiger partial charge on any atom is -1.00 e. The molecule has 111 valence electrons. The van der Waals surface area contributed by atoms with Crippen LogP contribution in [0.3, 0.4) is 0 Å². The zero-order chi connectivity index (χ0) is 14.1. The molecule has 2 aromatic rings. The molecule has 0 aliphatic heterocycles. The van der Waals surface area contributed by atoms with Crippen molar-refractivity contribution in [2.45, 2.75) is 38.9 Å². The number of thiophene rings is 1. The number of rotatable bonds is 3. The van der Waals surface area contributed by atoms with Crippen molar-refractivity contribution in [3.63, 3.8) is 0 Å². The third kappa shape index (κ3) is 5.21. The standard InChI is InChI=1S/C16H21OSSi.ClH.Zn/c1-16(2,3)19(4,5)17-14-10-8-13(9-11-14)15-7-6-12-18-15;;/h6-11H,1-5H3;1H;/p-1. The summed E-state index contributed by atoms with van der Waals surface area (Å²) in [5, 5.41) is 3.35. The summed E-state index contributed by atoms with van der Waals surface area (Å²) in [6, 6.07) is 12.5. The van der Waals surface area contributed by atoms with Gasteiger partial charge in [-0.25, -0.2) is 0 Å². The molecule has 0 fully saturated rings. The number of halogens is 1. The summed E-state index contributed by atoms with van der Waals surface area (Å²) in [6.45, 7) is 11.3. The summed E-state index contributed by atoms with van der Waals surface area (Å²) >= 11 is 1.64. The quantitative estimate of drug-likeness (QED) is 0.733. The van der Waals surface area contributed by atoms with Crippen LogP contribution in [0, 0.1) is 5.38 Å². The molecular weight excluding hydrogens is 369 g/mol. The molecule has 0 unspecified atom stereocenters. The number of hydrogen-bond donors (Lipinski definition) is 0. The molecule has 0 spiro atoms. The first kappa shape index (κ1) is 20.9. The van der Waals surface area contributed by atoms with Gasteiger partial charge in [0.05, 0.1) is 0 Å². The van der Waals surface area contributed by atoms with E-state index in [1.54, 1.807) is 11.3 Å². The van der Waals surface area contributed by atoms with E-state index < -0.39 is 8.32 Å². The maximum Gasteiger partial charge on any atom is 0.250 e. The molecule has 0 aliphatic carbocycles. The molecule has 0 bridgehead atoms. The van der Waals surface area contributed by atoms with Crippen LogP contribution in [0.5, 0.6) is 5.75 Å². The van der Waals surface area contributed by atoms with Crippen molar-refractivity contribution in [1.29, 1.82) is 0 Å². The first-order chi connectivity index (χ1) is 8.79. The summed E-state index contributed by atoms with van der Waals surface area (Å²) in [4.78, 5) is 1.25. The van der Waals surface area contributed by atoms with E-state index in [1.165, 1.54) is 10.4 Å². The molecule has 1 aromatic carbocycles. The Labute approximate surface area is 152 Å². The van der Waals surface area contributed by atoms with Gasteiger partial charge in [-0.3, -0.25) is 0 Å². The van der Waals surface area contributed by atoms with Gasteiger partial charge in [-0.2, -0.15) is 0 Å². The van der Waals surface area contributed by atoms with Gasteiger partial charge in [0.1, 0.15) is 5.75 Å². The van der Waals surface area contributed by atoms with E-state index in [-0.39, 0.29) is 36.9 Å². The van der Waals surface area contributed by atoms with Crippen molar-refractivity contribution < 1.29 is 36.3 Å². The van der Waals surface area contributed by atoms with Crippen LogP contribution in [0.25, 0.3) is 10.4 Å². The Morgan fingerprint density at radius 1 is 1.05 bits per heavy atom. The average Bonchev–Trinajstić information content (AvgIpc) is 2.81. The van der Waals surface area contributed by atoms with Gasteiger partial charge < -0.3 is 16.8 Å². The van der Waals surface area contributed by atoms with E-state index in [0.717, 1.165) is 5.75 Å². The Morgan fingerprint density at radius 2 is 1.62 bits per heavy atom. The van der Waals surface area contributed by atoms with Gasteiger partial charge in [-0.1, -0.05) is 20.8 Å². The Bertz CT molecular complexity index is 532. The molecule has 1 nitrogen and oxygen atoms in total. The third-order valence-electron chi connectivity index (χ3n) is 3.79. The van der Waals surface area contributed by atoms with Crippen molar-refractivity contribution in [1.82, 2.24) is 0 Å². The van der Waals surface area contributed by atoms with Gasteiger partial charge in [-0.05, 0) is 60.1 Å². The second kappa shape index (κ2) is 7.92. The fraction of sp³-hybridized carbons (Fsp3) is 0.375. The largest absolute Gasteiger partial charge is 1.00 e. The van der Waals surface area contributed by atoms with Crippen LogP contribution in [0.15, 0.2) is 36.4 Å². The Morgan fingerprint density at radius 3 is 2.05 bits per heavy atom. The molecule has 2 rings (SSSR count). The van der Waals surface area contributed by atoms with E-state index in [0.29, 0.717) is 0 Å². The monoisotopic (exact) mass is 388 g/mol. The molecule has 1 aromatic heterocycles. The molecule has 1 heterocycles. The van der Waals surface area contributed by atoms with Gasteiger partial charge in [-0.15, -0.1) is 11.3 Å². The molecule has 21 heavy (non-hydrogen) atoms. The van der Waals surface area contributed by atoms with Crippen LogP contribution >= 0.6 is 11.3 Å². The number of hydrogen-bond acceptors (Lipinski definition) is 2. The van der Waals surface area contributed by atoms with Gasteiger partial charge >= 0.3 is 0 Å². The first-order valence-corrected chi connectivity index (χ1v) is 10.3. The third-order valence-corrected chi connectivity index (χ3v) is 8.99. The topological polar surface area (TPSA) is 9.23 Å². The summed E-state index contributed by atoms with van der Waals surface area (Å²) in [5.74, 6) is 0.982. The molecule has 0 atom stereocenters. The molecular formula is C16H21ClOSSiZn-. The molecule has 0 N–H and O–H groups in total. The molecule has 1 radical (unpaired) electrons. The normalized spacial score (nSPS) is 11.3. The van der Waals surface area contributed by atoms with Crippen molar-refractivity contribution in [3.8, 4) is 16.2 Å². The fourth-order valence-electron chi connectivity index (χ4n) is 1.53. The molecule has 5 heteroatoms. The van der Waals surface area contributed by atoms with Crippen molar-refractivity contribution >= 4 is 19.7 Å². The maximum atomic E-state index is 6.27. The van der Waals surface area contributed by atoms with Crippen LogP contribution in [0.4, 0.5) is 0 Å². The number of benzene rings is 1. The Balaban J connectivity index is 0.00000200. The van der Waals surface area contributed by atoms with Gasteiger partial charge in [0.2, 0.25) is 8.32 Å². The average molecular weight is 390 g/mol. The predicted octanol–water partition coefficient (Wildman–Crippen LogP) is 2.60. The first-order valence-electron chi connectivity index (χ1n) is 6.55. The second-order valence-electron chi connectivity index (χ2n) is 6.30. The fourth-order valence-corrected chi connectivity index (χ4v) is 3.22. The van der Waals surface area contributed by atoms with E-state index in [4.69, 9.17) is 4.43 Å². The van der Waals surface area contributed by atoms with Gasteiger partial charge in [0.15, 0.2) is 0 Å². The smallest absolute Gasteiger partial charge is 0.250 e. The van der Waals surface area contributed by atoms with Gasteiger partial charge in [0, 0.05) is 29.7 Å². The summed E-state index contributed by atoms with van der Waals surface area (Å²) in [5.41, 5.74) is 1.23. The van der Waals surface area contributed by atoms with Crippen molar-refractivity contribution in [2.24, 2.45) is 0 Å². The van der Waals surface area contributed by atoms with Crippen molar-refractivity contribution in [2.75, 3.05) is 0 Å². The van der Waals surface area contributed by atoms with E-state index >= 15 is 0 Å². The van der Waals surface area contributed by atoms with Crippen LogP contribution in [-0.4, -0.2) is 8.32 Å². The zero-order valence-corrected chi connectivity index (χ0v) is 18.9. The molecule has 0 saturated carbocycles. The molecule has 0 saturated heterocycles. The Kier molecular flexibility index (Phi) is 7.86.